The molecule has 33 heavy (non-hydrogen) atoms. The Morgan fingerprint density at radius 1 is 1.06 bits per heavy atom. The Morgan fingerprint density at radius 2 is 1.82 bits per heavy atom. The molecule has 0 saturated heterocycles. The molecular formula is C23H19F3N4O3. The van der Waals surface area contributed by atoms with E-state index in [1.807, 2.05) is 29.2 Å². The third kappa shape index (κ3) is 3.34. The third-order valence-electron chi connectivity index (χ3n) is 6.10. The second kappa shape index (κ2) is 7.38. The number of halogens is 3. The Balaban J connectivity index is 1.75. The highest BCUT2D eigenvalue weighted by Gasteiger charge is 2.35. The molecule has 0 saturated carbocycles. The fraction of sp³-hybridized carbons (Fsp3) is 0.217. The highest BCUT2D eigenvalue weighted by atomic mass is 19.4. The van der Waals surface area contributed by atoms with Crippen molar-refractivity contribution in [3.05, 3.63) is 91.8 Å². The van der Waals surface area contributed by atoms with Gasteiger partial charge in [0.25, 0.3) is 5.56 Å². The predicted molar refractivity (Wildman–Crippen MR) is 116 cm³/mol. The number of benzene rings is 2. The molecule has 0 unspecified atom stereocenters. The van der Waals surface area contributed by atoms with Crippen LogP contribution in [0, 0.1) is 0 Å². The van der Waals surface area contributed by atoms with Crippen molar-refractivity contribution < 1.29 is 18.3 Å². The van der Waals surface area contributed by atoms with Gasteiger partial charge in [-0.15, -0.1) is 0 Å². The number of aromatic amines is 2. The number of aromatic nitrogens is 3. The van der Waals surface area contributed by atoms with Crippen LogP contribution in [-0.4, -0.2) is 38.1 Å². The topological polar surface area (TPSA) is 94.1 Å². The Morgan fingerprint density at radius 3 is 2.58 bits per heavy atom. The number of hydrogen-bond acceptors (Lipinski definition) is 4. The first-order valence-electron chi connectivity index (χ1n) is 10.2. The highest BCUT2D eigenvalue weighted by molar-refractivity contribution is 5.85. The lowest BCUT2D eigenvalue weighted by Crippen LogP contribution is -2.39. The van der Waals surface area contributed by atoms with E-state index in [0.717, 1.165) is 34.7 Å². The average Bonchev–Trinajstić information content (AvgIpc) is 3.13. The molecule has 0 fully saturated rings. The zero-order chi connectivity index (χ0) is 23.5. The molecule has 2 aromatic heterocycles. The fourth-order valence-electron chi connectivity index (χ4n) is 4.57. The Labute approximate surface area is 184 Å². The lowest BCUT2D eigenvalue weighted by atomic mass is 9.93. The standard InChI is InChI=1S/C23H19F3N4O3/c1-29-10-9-15-14-7-2-3-8-16(14)27-18(15)19(29)17-20(31)28-22(33)30(21(17)32)13-6-4-5-12(11-13)23(24,25)26/h2-8,11,19,27,32H,9-10H2,1H3,(H,28,31,33)/t19-/m1/s1. The predicted octanol–water partition coefficient (Wildman–Crippen LogP) is 3.31. The van der Waals surface area contributed by atoms with Gasteiger partial charge in [-0.25, -0.2) is 9.36 Å². The van der Waals surface area contributed by atoms with Crippen molar-refractivity contribution in [1.29, 1.82) is 0 Å². The summed E-state index contributed by atoms with van der Waals surface area (Å²) in [5, 5.41) is 12.1. The van der Waals surface area contributed by atoms with Crippen LogP contribution in [0.1, 0.15) is 28.4 Å². The molecule has 0 aliphatic carbocycles. The SMILES string of the molecule is CN1CCc2c([nH]c3ccccc23)[C@H]1c1c(O)n(-c2cccc(C(F)(F)F)c2)c(=O)[nH]c1=O. The van der Waals surface area contributed by atoms with Gasteiger partial charge in [0.1, 0.15) is 5.56 Å². The number of fused-ring (bicyclic) bond motifs is 3. The molecule has 2 aromatic carbocycles. The second-order valence-electron chi connectivity index (χ2n) is 8.08. The van der Waals surface area contributed by atoms with Crippen molar-refractivity contribution in [2.75, 3.05) is 13.6 Å². The van der Waals surface area contributed by atoms with Crippen molar-refractivity contribution in [3.63, 3.8) is 0 Å². The molecule has 1 aliphatic heterocycles. The van der Waals surface area contributed by atoms with Gasteiger partial charge in [0.2, 0.25) is 5.88 Å². The smallest absolute Gasteiger partial charge is 0.416 e. The molecular weight excluding hydrogens is 437 g/mol. The molecule has 0 radical (unpaired) electrons. The summed E-state index contributed by atoms with van der Waals surface area (Å²) in [7, 11) is 1.78. The van der Waals surface area contributed by atoms with Crippen LogP contribution >= 0.6 is 0 Å². The number of nitrogens with one attached hydrogen (secondary N) is 2. The third-order valence-corrected chi connectivity index (χ3v) is 6.10. The summed E-state index contributed by atoms with van der Waals surface area (Å²) in [6.45, 7) is 0.571. The summed E-state index contributed by atoms with van der Waals surface area (Å²) in [6, 6.07) is 10.9. The maximum absolute atomic E-state index is 13.2. The fourth-order valence-corrected chi connectivity index (χ4v) is 4.57. The van der Waals surface area contributed by atoms with Crippen LogP contribution in [-0.2, 0) is 12.6 Å². The van der Waals surface area contributed by atoms with E-state index in [-0.39, 0.29) is 11.3 Å². The van der Waals surface area contributed by atoms with Crippen molar-refractivity contribution in [2.24, 2.45) is 0 Å². The Hall–Kier alpha value is -3.79. The molecule has 0 amide bonds. The number of aromatic hydroxyl groups is 1. The number of para-hydroxylation sites is 1. The number of hydrogen-bond donors (Lipinski definition) is 3. The summed E-state index contributed by atoms with van der Waals surface area (Å²) < 4.78 is 40.3. The Bertz CT molecular complexity index is 1500. The van der Waals surface area contributed by atoms with E-state index < -0.39 is 34.9 Å². The van der Waals surface area contributed by atoms with Gasteiger partial charge in [-0.2, -0.15) is 13.2 Å². The molecule has 0 bridgehead atoms. The molecule has 7 nitrogen and oxygen atoms in total. The maximum atomic E-state index is 13.2. The van der Waals surface area contributed by atoms with Crippen LogP contribution in [0.25, 0.3) is 16.6 Å². The summed E-state index contributed by atoms with van der Waals surface area (Å²) >= 11 is 0. The van der Waals surface area contributed by atoms with Gasteiger partial charge in [-0.1, -0.05) is 24.3 Å². The lowest BCUT2D eigenvalue weighted by Gasteiger charge is -2.33. The van der Waals surface area contributed by atoms with Gasteiger partial charge in [0.15, 0.2) is 0 Å². The minimum absolute atomic E-state index is 0.123. The van der Waals surface area contributed by atoms with Gasteiger partial charge >= 0.3 is 11.9 Å². The quantitative estimate of drug-likeness (QED) is 0.432. The van der Waals surface area contributed by atoms with Crippen LogP contribution in [0.5, 0.6) is 5.88 Å². The largest absolute Gasteiger partial charge is 0.494 e. The van der Waals surface area contributed by atoms with E-state index in [4.69, 9.17) is 0 Å². The van der Waals surface area contributed by atoms with Crippen LogP contribution in [0.3, 0.4) is 0 Å². The van der Waals surface area contributed by atoms with Gasteiger partial charge < -0.3 is 10.1 Å². The first kappa shape index (κ1) is 21.1. The lowest BCUT2D eigenvalue weighted by molar-refractivity contribution is -0.137. The minimum Gasteiger partial charge on any atom is -0.494 e. The van der Waals surface area contributed by atoms with E-state index in [1.54, 1.807) is 7.05 Å². The molecule has 1 aliphatic rings. The number of H-pyrrole nitrogens is 2. The average molecular weight is 456 g/mol. The summed E-state index contributed by atoms with van der Waals surface area (Å²) in [6.07, 6.45) is -3.93. The van der Waals surface area contributed by atoms with Crippen LogP contribution in [0.2, 0.25) is 0 Å². The molecule has 1 atom stereocenters. The van der Waals surface area contributed by atoms with E-state index in [0.29, 0.717) is 23.2 Å². The number of likely N-dealkylation sites (N-methyl/N-ethyl adjacent to an activating group) is 1. The van der Waals surface area contributed by atoms with Gasteiger partial charge in [0, 0.05) is 23.1 Å². The van der Waals surface area contributed by atoms with Crippen molar-refractivity contribution in [2.45, 2.75) is 18.6 Å². The summed E-state index contributed by atoms with van der Waals surface area (Å²) in [4.78, 5) is 32.8. The number of nitrogens with zero attached hydrogens (tertiary/aromatic N) is 2. The molecule has 3 N–H and O–H groups in total. The molecule has 0 spiro atoms. The summed E-state index contributed by atoms with van der Waals surface area (Å²) in [5.41, 5.74) is -0.594. The first-order chi connectivity index (χ1) is 15.7. The zero-order valence-electron chi connectivity index (χ0n) is 17.4. The number of alkyl halides is 3. The zero-order valence-corrected chi connectivity index (χ0v) is 17.4. The Kier molecular flexibility index (Phi) is 4.71. The maximum Gasteiger partial charge on any atom is 0.416 e. The van der Waals surface area contributed by atoms with Gasteiger partial charge in [-0.3, -0.25) is 14.7 Å². The van der Waals surface area contributed by atoms with Gasteiger partial charge in [-0.05, 0) is 43.3 Å². The van der Waals surface area contributed by atoms with Gasteiger partial charge in [0.05, 0.1) is 17.3 Å². The van der Waals surface area contributed by atoms with Crippen LogP contribution < -0.4 is 11.2 Å². The van der Waals surface area contributed by atoms with E-state index in [1.165, 1.54) is 6.07 Å². The monoisotopic (exact) mass is 456 g/mol. The first-order valence-corrected chi connectivity index (χ1v) is 10.2. The van der Waals surface area contributed by atoms with Crippen molar-refractivity contribution in [3.8, 4) is 11.6 Å². The minimum atomic E-state index is -4.64. The molecule has 3 heterocycles. The van der Waals surface area contributed by atoms with Crippen LogP contribution in [0.15, 0.2) is 58.1 Å². The second-order valence-corrected chi connectivity index (χ2v) is 8.08. The highest BCUT2D eigenvalue weighted by Crippen LogP contribution is 2.39. The summed E-state index contributed by atoms with van der Waals surface area (Å²) in [5.74, 6) is -0.702. The normalized spacial score (nSPS) is 16.8. The van der Waals surface area contributed by atoms with E-state index in [9.17, 15) is 27.9 Å². The van der Waals surface area contributed by atoms with Crippen molar-refractivity contribution in [1.82, 2.24) is 19.4 Å². The molecule has 5 rings (SSSR count). The molecule has 10 heteroatoms. The van der Waals surface area contributed by atoms with Crippen molar-refractivity contribution >= 4 is 10.9 Å². The molecule has 170 valence electrons. The molecule has 4 aromatic rings. The van der Waals surface area contributed by atoms with Crippen LogP contribution in [0.4, 0.5) is 13.2 Å². The number of rotatable bonds is 2. The van der Waals surface area contributed by atoms with E-state index in [2.05, 4.69) is 9.97 Å². The van der Waals surface area contributed by atoms with E-state index >= 15 is 0 Å².